The van der Waals surface area contributed by atoms with Gasteiger partial charge in [0.2, 0.25) is 6.29 Å². The van der Waals surface area contributed by atoms with Crippen molar-refractivity contribution in [3.8, 4) is 0 Å². The molecule has 0 aromatic carbocycles. The van der Waals surface area contributed by atoms with Gasteiger partial charge >= 0.3 is 29.8 Å². The molecule has 0 saturated carbocycles. The third kappa shape index (κ3) is 8.82. The normalized spacial score (nSPS) is 33.6. The van der Waals surface area contributed by atoms with Gasteiger partial charge in [-0.2, -0.15) is 0 Å². The van der Waals surface area contributed by atoms with Crippen LogP contribution in [0.5, 0.6) is 0 Å². The fourth-order valence-electron chi connectivity index (χ4n) is 4.12. The maximum atomic E-state index is 12.0. The summed E-state index contributed by atoms with van der Waals surface area (Å²) in [7, 11) is 0. The molecule has 17 heteroatoms. The third-order valence-corrected chi connectivity index (χ3v) is 5.53. The van der Waals surface area contributed by atoms with E-state index in [1.54, 1.807) is 0 Å². The largest absolute Gasteiger partial charge is 0.463 e. The lowest BCUT2D eigenvalue weighted by molar-refractivity contribution is -0.362. The third-order valence-electron chi connectivity index (χ3n) is 5.53. The lowest BCUT2D eigenvalue weighted by Crippen LogP contribution is -2.66. The van der Waals surface area contributed by atoms with Crippen LogP contribution >= 0.6 is 0 Å². The van der Waals surface area contributed by atoms with Crippen LogP contribution in [0.4, 0.5) is 0 Å². The Bertz CT molecular complexity index is 936. The maximum Gasteiger partial charge on any atom is 0.305 e. The first-order valence-corrected chi connectivity index (χ1v) is 12.0. The van der Waals surface area contributed by atoms with Crippen molar-refractivity contribution in [2.45, 2.75) is 96.0 Å². The molecule has 2 saturated heterocycles. The molecule has 2 rings (SSSR count). The molecule has 10 atom stereocenters. The highest BCUT2D eigenvalue weighted by Crippen LogP contribution is 2.34. The van der Waals surface area contributed by atoms with Crippen molar-refractivity contribution in [3.05, 3.63) is 0 Å². The summed E-state index contributed by atoms with van der Waals surface area (Å²) in [5, 5.41) is 20.3. The molecular formula is C23H32O17. The molecule has 0 aliphatic carbocycles. The van der Waals surface area contributed by atoms with Gasteiger partial charge in [-0.1, -0.05) is 0 Å². The zero-order chi connectivity index (χ0) is 30.1. The van der Waals surface area contributed by atoms with Crippen LogP contribution in [0.25, 0.3) is 0 Å². The predicted molar refractivity (Wildman–Crippen MR) is 121 cm³/mol. The van der Waals surface area contributed by atoms with Gasteiger partial charge in [0.1, 0.15) is 24.9 Å². The molecular weight excluding hydrogens is 548 g/mol. The van der Waals surface area contributed by atoms with E-state index < -0.39 is 104 Å². The zero-order valence-corrected chi connectivity index (χ0v) is 22.3. The number of aliphatic hydroxyl groups excluding tert-OH is 2. The topological polar surface area (TPSA) is 226 Å². The number of hydrogen-bond acceptors (Lipinski definition) is 17. The van der Waals surface area contributed by atoms with Crippen LogP contribution in [-0.2, 0) is 71.4 Å². The molecule has 226 valence electrons. The summed E-state index contributed by atoms with van der Waals surface area (Å²) >= 11 is 0. The lowest BCUT2D eigenvalue weighted by atomic mass is 9.96. The molecule has 17 nitrogen and oxygen atoms in total. The van der Waals surface area contributed by atoms with Crippen molar-refractivity contribution >= 4 is 36.3 Å². The van der Waals surface area contributed by atoms with Crippen LogP contribution < -0.4 is 0 Å². The fraction of sp³-hybridized carbons (Fsp3) is 0.739. The second-order valence-corrected chi connectivity index (χ2v) is 8.69. The van der Waals surface area contributed by atoms with Gasteiger partial charge in [0, 0.05) is 34.6 Å². The monoisotopic (exact) mass is 580 g/mol. The molecule has 0 spiro atoms. The van der Waals surface area contributed by atoms with Crippen LogP contribution in [0.15, 0.2) is 0 Å². The molecule has 2 aliphatic heterocycles. The molecule has 2 fully saturated rings. The fourth-order valence-corrected chi connectivity index (χ4v) is 4.12. The highest BCUT2D eigenvalue weighted by Gasteiger charge is 2.56. The van der Waals surface area contributed by atoms with E-state index in [0.29, 0.717) is 0 Å². The minimum absolute atomic E-state index is 0.0424. The Hall–Kier alpha value is -3.38. The van der Waals surface area contributed by atoms with Crippen LogP contribution in [0.1, 0.15) is 34.6 Å². The van der Waals surface area contributed by atoms with Crippen molar-refractivity contribution in [2.24, 2.45) is 0 Å². The summed E-state index contributed by atoms with van der Waals surface area (Å²) in [5.41, 5.74) is 0. The Morgan fingerprint density at radius 3 is 1.70 bits per heavy atom. The molecule has 0 amide bonds. The van der Waals surface area contributed by atoms with Gasteiger partial charge in [-0.15, -0.1) is 0 Å². The minimum Gasteiger partial charge on any atom is -0.463 e. The molecule has 0 radical (unpaired) electrons. The van der Waals surface area contributed by atoms with E-state index in [4.69, 9.17) is 42.6 Å². The Morgan fingerprint density at radius 2 is 1.20 bits per heavy atom. The van der Waals surface area contributed by atoms with E-state index in [0.717, 1.165) is 34.6 Å². The summed E-state index contributed by atoms with van der Waals surface area (Å²) in [6.07, 6.45) is -16.1. The first-order valence-electron chi connectivity index (χ1n) is 12.0. The second-order valence-electron chi connectivity index (χ2n) is 8.69. The van der Waals surface area contributed by atoms with Crippen molar-refractivity contribution < 1.29 is 81.6 Å². The number of aliphatic hydroxyl groups is 2. The van der Waals surface area contributed by atoms with Crippen molar-refractivity contribution in [1.29, 1.82) is 0 Å². The summed E-state index contributed by atoms with van der Waals surface area (Å²) in [5.74, 6) is -4.29. The predicted octanol–water partition coefficient (Wildman–Crippen LogP) is -2.36. The van der Waals surface area contributed by atoms with E-state index >= 15 is 0 Å². The van der Waals surface area contributed by atoms with Crippen LogP contribution in [0.3, 0.4) is 0 Å². The molecule has 0 bridgehead atoms. The van der Waals surface area contributed by atoms with Crippen molar-refractivity contribution in [1.82, 2.24) is 0 Å². The second kappa shape index (κ2) is 14.8. The smallest absolute Gasteiger partial charge is 0.305 e. The van der Waals surface area contributed by atoms with E-state index in [1.165, 1.54) is 0 Å². The number of hydrogen-bond donors (Lipinski definition) is 2. The number of esters is 5. The lowest BCUT2D eigenvalue weighted by Gasteiger charge is -2.47. The average Bonchev–Trinajstić information content (AvgIpc) is 2.84. The number of carbonyl (C=O) groups excluding carboxylic acids is 6. The van der Waals surface area contributed by atoms with E-state index in [2.05, 4.69) is 0 Å². The van der Waals surface area contributed by atoms with Gasteiger partial charge in [0.25, 0.3) is 6.47 Å². The van der Waals surface area contributed by atoms with E-state index in [1.807, 2.05) is 0 Å². The number of ether oxygens (including phenoxy) is 9. The standard InChI is InChI=1S/C23H32O17/c1-9(26)32-7-15-17(34-10(2)27)19(36-12(4)29)20(33-8-25)22(39-15)40-21-18(35-11(3)28)16(31)14(6-24)38-23(21)37-13(5)30/h8,14-24,31H,6-7H2,1-5H3/t14-,15+,16+,17+,18-,19-,20-,21-,22+,23-/m0/s1. The highest BCUT2D eigenvalue weighted by atomic mass is 16.8. The van der Waals surface area contributed by atoms with Gasteiger partial charge in [-0.05, 0) is 0 Å². The molecule has 0 unspecified atom stereocenters. The summed E-state index contributed by atoms with van der Waals surface area (Å²) in [4.78, 5) is 70.4. The van der Waals surface area contributed by atoms with Gasteiger partial charge in [0.15, 0.2) is 36.8 Å². The summed E-state index contributed by atoms with van der Waals surface area (Å²) in [6, 6.07) is 0. The molecule has 2 N–H and O–H groups in total. The van der Waals surface area contributed by atoms with E-state index in [-0.39, 0.29) is 6.47 Å². The average molecular weight is 580 g/mol. The quantitative estimate of drug-likeness (QED) is 0.148. The Balaban J connectivity index is 2.57. The zero-order valence-electron chi connectivity index (χ0n) is 22.3. The van der Waals surface area contributed by atoms with Gasteiger partial charge < -0.3 is 52.8 Å². The molecule has 40 heavy (non-hydrogen) atoms. The first-order chi connectivity index (χ1) is 18.8. The van der Waals surface area contributed by atoms with E-state index in [9.17, 15) is 39.0 Å². The van der Waals surface area contributed by atoms with Gasteiger partial charge in [0.05, 0.1) is 6.61 Å². The Kier molecular flexibility index (Phi) is 12.2. The summed E-state index contributed by atoms with van der Waals surface area (Å²) in [6.45, 7) is 3.80. The Morgan fingerprint density at radius 1 is 0.675 bits per heavy atom. The van der Waals surface area contributed by atoms with Gasteiger partial charge in [-0.25, -0.2) is 0 Å². The Labute approximate surface area is 227 Å². The molecule has 0 aromatic heterocycles. The number of rotatable bonds is 11. The highest BCUT2D eigenvalue weighted by molar-refractivity contribution is 5.68. The number of carbonyl (C=O) groups is 6. The van der Waals surface area contributed by atoms with Gasteiger partial charge in [-0.3, -0.25) is 28.8 Å². The molecule has 2 heterocycles. The first kappa shape index (κ1) is 32.8. The van der Waals surface area contributed by atoms with Crippen LogP contribution in [-0.4, -0.2) is 121 Å². The molecule has 0 aromatic rings. The van der Waals surface area contributed by atoms with Crippen LogP contribution in [0.2, 0.25) is 0 Å². The van der Waals surface area contributed by atoms with Crippen LogP contribution in [0, 0.1) is 0 Å². The van der Waals surface area contributed by atoms with Crippen molar-refractivity contribution in [3.63, 3.8) is 0 Å². The SMILES string of the molecule is CC(=O)OC[C@H]1O[C@H](O[C@@H]2[C@@H](OC(C)=O)O[C@@H](CO)[C@@H](O)[C@@H]2OC(C)=O)[C@@H](OC=O)[C@@H](OC(C)=O)[C@@H]1OC(C)=O. The maximum absolute atomic E-state index is 12.0. The molecule has 2 aliphatic rings. The minimum atomic E-state index is -1.79. The summed E-state index contributed by atoms with van der Waals surface area (Å²) < 4.78 is 48.0. The van der Waals surface area contributed by atoms with Crippen molar-refractivity contribution in [2.75, 3.05) is 13.2 Å².